The van der Waals surface area contributed by atoms with Crippen LogP contribution in [0.5, 0.6) is 0 Å². The number of carbonyl (C=O) groups is 2. The summed E-state index contributed by atoms with van der Waals surface area (Å²) in [6.07, 6.45) is 1.86. The first-order valence-corrected chi connectivity index (χ1v) is 7.39. The maximum atomic E-state index is 13.8. The summed E-state index contributed by atoms with van der Waals surface area (Å²) >= 11 is 0.813. The molecule has 1 heterocycles. The van der Waals surface area contributed by atoms with Gasteiger partial charge < -0.3 is 14.8 Å². The summed E-state index contributed by atoms with van der Waals surface area (Å²) in [5.41, 5.74) is -0.900. The van der Waals surface area contributed by atoms with E-state index in [9.17, 15) is 18.4 Å². The van der Waals surface area contributed by atoms with Crippen LogP contribution >= 0.6 is 11.8 Å². The molecule has 1 amide bonds. The van der Waals surface area contributed by atoms with Crippen LogP contribution in [0.15, 0.2) is 33.3 Å². The molecule has 0 radical (unpaired) electrons. The molecule has 1 aliphatic heterocycles. The van der Waals surface area contributed by atoms with E-state index in [4.69, 9.17) is 10.0 Å². The highest BCUT2D eigenvalue weighted by atomic mass is 32.2. The number of ether oxygens (including phenoxy) is 1. The minimum atomic E-state index is -2.15. The Hall–Kier alpha value is -2.57. The van der Waals surface area contributed by atoms with Crippen molar-refractivity contribution in [3.8, 4) is 0 Å². The minimum absolute atomic E-state index is 0.0275. The second kappa shape index (κ2) is 8.01. The standard InChI is InChI=1S/C13H10BF2N3O5S/c1-24-9(20)4-8-12(21)18-13(25-8)19-17-5-6-2-3-7(14(22)23)11(16)10(6)15/h2-5,22-23H,1H3,(H,18,19,21)/b8-4+,17-5?. The lowest BCUT2D eigenvalue weighted by molar-refractivity contribution is -0.135. The predicted molar refractivity (Wildman–Crippen MR) is 87.0 cm³/mol. The quantitative estimate of drug-likeness (QED) is 0.211. The molecule has 1 aromatic carbocycles. The molecule has 25 heavy (non-hydrogen) atoms. The van der Waals surface area contributed by atoms with Gasteiger partial charge in [0.15, 0.2) is 16.8 Å². The van der Waals surface area contributed by atoms with Crippen LogP contribution in [0.4, 0.5) is 8.78 Å². The second-order valence-corrected chi connectivity index (χ2v) is 5.51. The first-order valence-electron chi connectivity index (χ1n) is 6.57. The second-order valence-electron chi connectivity index (χ2n) is 4.48. The third kappa shape index (κ3) is 4.50. The van der Waals surface area contributed by atoms with Gasteiger partial charge in [-0.1, -0.05) is 12.1 Å². The highest BCUT2D eigenvalue weighted by molar-refractivity contribution is 8.18. The highest BCUT2D eigenvalue weighted by Crippen LogP contribution is 2.23. The monoisotopic (exact) mass is 369 g/mol. The van der Waals surface area contributed by atoms with E-state index in [1.54, 1.807) is 0 Å². The van der Waals surface area contributed by atoms with Crippen LogP contribution in [0, 0.1) is 11.6 Å². The molecule has 0 spiro atoms. The van der Waals surface area contributed by atoms with E-state index in [1.165, 1.54) is 0 Å². The van der Waals surface area contributed by atoms with Crippen LogP contribution in [-0.4, -0.2) is 47.5 Å². The predicted octanol–water partition coefficient (Wildman–Crippen LogP) is -0.746. The van der Waals surface area contributed by atoms with Crippen molar-refractivity contribution < 1.29 is 33.2 Å². The van der Waals surface area contributed by atoms with Gasteiger partial charge >= 0.3 is 13.1 Å². The Morgan fingerprint density at radius 1 is 1.36 bits per heavy atom. The maximum absolute atomic E-state index is 13.8. The van der Waals surface area contributed by atoms with Crippen LogP contribution in [0.3, 0.4) is 0 Å². The zero-order valence-corrected chi connectivity index (χ0v) is 13.4. The number of nitrogens with one attached hydrogen (secondary N) is 1. The Labute approximate surface area is 144 Å². The van der Waals surface area contributed by atoms with Gasteiger partial charge in [0.2, 0.25) is 0 Å². The van der Waals surface area contributed by atoms with E-state index in [0.29, 0.717) is 0 Å². The number of rotatable bonds is 4. The Bertz CT molecular complexity index is 813. The summed E-state index contributed by atoms with van der Waals surface area (Å²) in [4.78, 5) is 22.7. The molecule has 0 bridgehead atoms. The molecule has 1 aliphatic rings. The van der Waals surface area contributed by atoms with Crippen LogP contribution in [0.25, 0.3) is 0 Å². The normalized spacial score (nSPS) is 17.4. The number of methoxy groups -OCH3 is 1. The summed E-state index contributed by atoms with van der Waals surface area (Å²) in [7, 11) is -0.990. The molecule has 1 fully saturated rings. The molecule has 0 atom stereocenters. The molecule has 3 N–H and O–H groups in total. The number of halogens is 2. The fraction of sp³-hybridized carbons (Fsp3) is 0.0769. The number of amides is 1. The van der Waals surface area contributed by atoms with Crippen molar-refractivity contribution in [2.24, 2.45) is 10.2 Å². The van der Waals surface area contributed by atoms with Crippen molar-refractivity contribution in [2.75, 3.05) is 7.11 Å². The average Bonchev–Trinajstić information content (AvgIpc) is 2.90. The summed E-state index contributed by atoms with van der Waals surface area (Å²) < 4.78 is 31.7. The Balaban J connectivity index is 2.15. The van der Waals surface area contributed by atoms with Gasteiger partial charge in [-0.15, -0.1) is 5.10 Å². The van der Waals surface area contributed by atoms with E-state index in [1.807, 2.05) is 0 Å². The van der Waals surface area contributed by atoms with Gasteiger partial charge in [0, 0.05) is 17.1 Å². The molecule has 0 saturated carbocycles. The fourth-order valence-corrected chi connectivity index (χ4v) is 2.40. The van der Waals surface area contributed by atoms with Crippen molar-refractivity contribution >= 4 is 47.6 Å². The van der Waals surface area contributed by atoms with Crippen LogP contribution in [0.2, 0.25) is 0 Å². The fourth-order valence-electron chi connectivity index (χ4n) is 1.66. The molecule has 130 valence electrons. The van der Waals surface area contributed by atoms with Crippen molar-refractivity contribution in [2.45, 2.75) is 0 Å². The van der Waals surface area contributed by atoms with E-state index in [-0.39, 0.29) is 15.6 Å². The van der Waals surface area contributed by atoms with Crippen LogP contribution in [0.1, 0.15) is 5.56 Å². The van der Waals surface area contributed by atoms with Gasteiger partial charge in [-0.2, -0.15) is 5.10 Å². The molecule has 1 saturated heterocycles. The molecule has 2 rings (SSSR count). The molecular formula is C13H10BF2N3O5S. The maximum Gasteiger partial charge on any atom is 0.491 e. The Kier molecular flexibility index (Phi) is 6.01. The average molecular weight is 369 g/mol. The van der Waals surface area contributed by atoms with Gasteiger partial charge in [0.1, 0.15) is 0 Å². The Morgan fingerprint density at radius 3 is 2.72 bits per heavy atom. The summed E-state index contributed by atoms with van der Waals surface area (Å²) in [5, 5.41) is 27.2. The summed E-state index contributed by atoms with van der Waals surface area (Å²) in [6.45, 7) is 0. The summed E-state index contributed by atoms with van der Waals surface area (Å²) in [6, 6.07) is 2.07. The topological polar surface area (TPSA) is 121 Å². The molecule has 12 heteroatoms. The smallest absolute Gasteiger partial charge is 0.466 e. The van der Waals surface area contributed by atoms with Crippen LogP contribution in [-0.2, 0) is 14.3 Å². The SMILES string of the molecule is COC(=O)/C=C1/S/C(=N\N=Cc2ccc(B(O)O)c(F)c2F)NC1=O. The van der Waals surface area contributed by atoms with Crippen molar-refractivity contribution in [1.29, 1.82) is 0 Å². The van der Waals surface area contributed by atoms with E-state index >= 15 is 0 Å². The number of hydrogen-bond donors (Lipinski definition) is 3. The largest absolute Gasteiger partial charge is 0.491 e. The van der Waals surface area contributed by atoms with E-state index in [2.05, 4.69) is 20.3 Å². The number of hydrogen-bond acceptors (Lipinski definition) is 8. The number of esters is 1. The van der Waals surface area contributed by atoms with Crippen molar-refractivity contribution in [1.82, 2.24) is 5.32 Å². The molecule has 8 nitrogen and oxygen atoms in total. The van der Waals surface area contributed by atoms with Gasteiger partial charge in [0.05, 0.1) is 18.2 Å². The molecular weight excluding hydrogens is 359 g/mol. The number of amidine groups is 1. The zero-order chi connectivity index (χ0) is 18.6. The van der Waals surface area contributed by atoms with E-state index in [0.717, 1.165) is 43.3 Å². The van der Waals surface area contributed by atoms with Crippen LogP contribution < -0.4 is 10.8 Å². The van der Waals surface area contributed by atoms with Gasteiger partial charge in [-0.05, 0) is 11.8 Å². The van der Waals surface area contributed by atoms with Crippen molar-refractivity contribution in [3.63, 3.8) is 0 Å². The van der Waals surface area contributed by atoms with E-state index < -0.39 is 36.1 Å². The zero-order valence-electron chi connectivity index (χ0n) is 12.6. The molecule has 0 aliphatic carbocycles. The number of carbonyl (C=O) groups excluding carboxylic acids is 2. The third-order valence-corrected chi connectivity index (χ3v) is 3.77. The first kappa shape index (κ1) is 18.8. The number of benzene rings is 1. The lowest BCUT2D eigenvalue weighted by atomic mass is 9.79. The molecule has 0 aromatic heterocycles. The van der Waals surface area contributed by atoms with Crippen molar-refractivity contribution in [3.05, 3.63) is 40.3 Å². The number of thioether (sulfide) groups is 1. The first-order chi connectivity index (χ1) is 11.8. The minimum Gasteiger partial charge on any atom is -0.466 e. The highest BCUT2D eigenvalue weighted by Gasteiger charge is 2.25. The third-order valence-electron chi connectivity index (χ3n) is 2.87. The van der Waals surface area contributed by atoms with Gasteiger partial charge in [0.25, 0.3) is 5.91 Å². The lowest BCUT2D eigenvalue weighted by Gasteiger charge is -2.04. The molecule has 1 aromatic rings. The summed E-state index contributed by atoms with van der Waals surface area (Å²) in [5.74, 6) is -4.05. The molecule has 0 unspecified atom stereocenters. The lowest BCUT2D eigenvalue weighted by Crippen LogP contribution is -2.33. The Morgan fingerprint density at radius 2 is 2.08 bits per heavy atom. The van der Waals surface area contributed by atoms with Gasteiger partial charge in [-0.3, -0.25) is 10.1 Å². The van der Waals surface area contributed by atoms with Gasteiger partial charge in [-0.25, -0.2) is 13.6 Å². The number of nitrogens with zero attached hydrogens (tertiary/aromatic N) is 2.